The number of hydrogen-bond donors (Lipinski definition) is 1. The van der Waals surface area contributed by atoms with Gasteiger partial charge in [0.15, 0.2) is 0 Å². The number of ketones is 1. The topological polar surface area (TPSA) is 78.6 Å². The molecule has 0 fully saturated rings. The van der Waals surface area contributed by atoms with E-state index in [1.807, 2.05) is 97.1 Å². The minimum atomic E-state index is -0.240. The first-order valence-corrected chi connectivity index (χ1v) is 18.8. The van der Waals surface area contributed by atoms with E-state index >= 15 is 0 Å². The lowest BCUT2D eigenvalue weighted by molar-refractivity contribution is -0.673. The predicted octanol–water partition coefficient (Wildman–Crippen LogP) is 6.69. The molecule has 54 heavy (non-hydrogen) atoms. The molecule has 266 valence electrons. The molecule has 5 aromatic carbocycles. The van der Waals surface area contributed by atoms with Crippen molar-refractivity contribution in [3.05, 3.63) is 201 Å². The van der Waals surface area contributed by atoms with Crippen molar-refractivity contribution in [3.63, 3.8) is 0 Å². The van der Waals surface area contributed by atoms with Gasteiger partial charge in [-0.2, -0.15) is 4.57 Å². The van der Waals surface area contributed by atoms with Gasteiger partial charge in [0.1, 0.15) is 12.3 Å². The van der Waals surface area contributed by atoms with Gasteiger partial charge in [-0.05, 0) is 63.2 Å². The van der Waals surface area contributed by atoms with Crippen molar-refractivity contribution in [1.29, 1.82) is 0 Å². The molecule has 0 amide bonds. The van der Waals surface area contributed by atoms with E-state index in [2.05, 4.69) is 47.6 Å². The maximum absolute atomic E-state index is 13.4. The highest BCUT2D eigenvalue weighted by Gasteiger charge is 2.33. The van der Waals surface area contributed by atoms with Crippen molar-refractivity contribution in [2.75, 3.05) is 11.4 Å². The molecule has 6 heteroatoms. The van der Waals surface area contributed by atoms with Crippen LogP contribution in [0.1, 0.15) is 50.8 Å². The first-order chi connectivity index (χ1) is 26.4. The zero-order chi connectivity index (χ0) is 37.3. The molecule has 2 aliphatic rings. The maximum Gasteiger partial charge on any atom is 0.212 e. The van der Waals surface area contributed by atoms with E-state index in [-0.39, 0.29) is 32.8 Å². The summed E-state index contributed by atoms with van der Waals surface area (Å²) in [5.41, 5.74) is 5.17. The number of pyridine rings is 1. The van der Waals surface area contributed by atoms with Crippen LogP contribution in [0, 0.1) is 20.9 Å². The van der Waals surface area contributed by atoms with Crippen LogP contribution < -0.4 is 30.8 Å². The van der Waals surface area contributed by atoms with Crippen LogP contribution in [0.5, 0.6) is 0 Å². The first kappa shape index (κ1) is 34.7. The molecule has 1 aliphatic carbocycles. The highest BCUT2D eigenvalue weighted by molar-refractivity contribution is 6.37. The quantitative estimate of drug-likeness (QED) is 0.178. The van der Waals surface area contributed by atoms with E-state index in [0.717, 1.165) is 82.8 Å². The molecule has 1 N–H and O–H groups in total. The number of aliphatic hydroxyl groups excluding tert-OH is 1. The zero-order valence-electron chi connectivity index (χ0n) is 30.5. The van der Waals surface area contributed by atoms with Gasteiger partial charge in [-0.25, -0.2) is 0 Å². The predicted molar refractivity (Wildman–Crippen MR) is 215 cm³/mol. The lowest BCUT2D eigenvalue weighted by atomic mass is 9.85. The van der Waals surface area contributed by atoms with E-state index < -0.39 is 0 Å². The van der Waals surface area contributed by atoms with Crippen LogP contribution in [0.4, 0.5) is 5.69 Å². The number of nitrogens with zero attached hydrogens (tertiary/aromatic N) is 2. The molecule has 1 aliphatic heterocycles. The smallest absolute Gasteiger partial charge is 0.212 e. The Bertz CT molecular complexity index is 2920. The number of aryl methyl sites for hydroxylation is 1. The minimum Gasteiger partial charge on any atom is -0.506 e. The lowest BCUT2D eigenvalue weighted by Crippen LogP contribution is -2.51. The number of carbonyl (C=O) groups is 1. The van der Waals surface area contributed by atoms with Gasteiger partial charge in [-0.1, -0.05) is 112 Å². The van der Waals surface area contributed by atoms with Crippen molar-refractivity contribution in [1.82, 2.24) is 0 Å². The van der Waals surface area contributed by atoms with E-state index in [4.69, 9.17) is 0 Å². The molecule has 8 rings (SSSR count). The van der Waals surface area contributed by atoms with Crippen LogP contribution in [0.15, 0.2) is 148 Å². The van der Waals surface area contributed by atoms with E-state index in [1.165, 1.54) is 0 Å². The van der Waals surface area contributed by atoms with Gasteiger partial charge in [-0.3, -0.25) is 14.4 Å². The number of rotatable bonds is 8. The van der Waals surface area contributed by atoms with Crippen LogP contribution in [-0.4, -0.2) is 17.4 Å². The Kier molecular flexibility index (Phi) is 9.34. The third-order valence-electron chi connectivity index (χ3n) is 10.6. The molecule has 0 saturated carbocycles. The van der Waals surface area contributed by atoms with E-state index in [1.54, 1.807) is 12.2 Å². The molecule has 0 bridgehead atoms. The summed E-state index contributed by atoms with van der Waals surface area (Å²) < 4.78 is 2.19. The van der Waals surface area contributed by atoms with Gasteiger partial charge in [0.25, 0.3) is 0 Å². The molecule has 0 radical (unpaired) electrons. The number of fused-ring (bicyclic) bond motifs is 2. The molecule has 0 spiro atoms. The van der Waals surface area contributed by atoms with Crippen molar-refractivity contribution in [3.8, 4) is 0 Å². The Morgan fingerprint density at radius 1 is 0.667 bits per heavy atom. The number of unbranched alkanes of at least 4 members (excludes halogenated alkanes) is 2. The third-order valence-corrected chi connectivity index (χ3v) is 10.6. The molecular weight excluding hydrogens is 669 g/mol. The van der Waals surface area contributed by atoms with Gasteiger partial charge in [0.05, 0.1) is 21.6 Å². The average molecular weight is 710 g/mol. The molecular formula is C48H41N2O4+. The van der Waals surface area contributed by atoms with Crippen LogP contribution in [0.3, 0.4) is 0 Å². The Morgan fingerprint density at radius 3 is 2.02 bits per heavy atom. The highest BCUT2D eigenvalue weighted by atomic mass is 16.3. The average Bonchev–Trinajstić information content (AvgIpc) is 3.21. The van der Waals surface area contributed by atoms with Gasteiger partial charge in [-0.15, -0.1) is 0 Å². The fraction of sp³-hybridized carbons (Fsp3) is 0.167. The monoisotopic (exact) mass is 709 g/mol. The summed E-state index contributed by atoms with van der Waals surface area (Å²) in [6, 6.07) is 35.3. The lowest BCUT2D eigenvalue weighted by Gasteiger charge is -2.31. The van der Waals surface area contributed by atoms with Crippen molar-refractivity contribution < 1.29 is 14.5 Å². The van der Waals surface area contributed by atoms with Gasteiger partial charge in [0, 0.05) is 47.9 Å². The number of carbonyl (C=O) groups excluding carboxylic acids is 1. The SMILES string of the molecule is CCCCN1/C(=C\C2=C(O)C(=c3ccc(=c4ccc(=c5c(=O)c(=Cc6ccc7ccccc7[n+]6CCCC)c5=O)cc4)cc3)C2=O)C=Cc2ccccc21. The van der Waals surface area contributed by atoms with Crippen LogP contribution in [0.2, 0.25) is 0 Å². The number of allylic oxidation sites excluding steroid dienone is 4. The second-order valence-electron chi connectivity index (χ2n) is 14.0. The molecule has 2 heterocycles. The second kappa shape index (κ2) is 14.6. The molecule has 6 nitrogen and oxygen atoms in total. The number of benzene rings is 4. The minimum absolute atomic E-state index is 0.00368. The second-order valence-corrected chi connectivity index (χ2v) is 14.0. The number of aliphatic hydroxyl groups is 1. The van der Waals surface area contributed by atoms with Gasteiger partial charge in [0.2, 0.25) is 27.9 Å². The van der Waals surface area contributed by atoms with Crippen molar-refractivity contribution in [2.45, 2.75) is 46.1 Å². The highest BCUT2D eigenvalue weighted by Crippen LogP contribution is 2.35. The summed E-state index contributed by atoms with van der Waals surface area (Å²) in [5, 5.41) is 15.7. The summed E-state index contributed by atoms with van der Waals surface area (Å²) in [7, 11) is 0. The fourth-order valence-electron chi connectivity index (χ4n) is 7.53. The summed E-state index contributed by atoms with van der Waals surface area (Å²) in [6.45, 7) is 5.93. The summed E-state index contributed by atoms with van der Waals surface area (Å²) in [6.07, 6.45) is 11.7. The Labute approximate surface area is 312 Å². The van der Waals surface area contributed by atoms with Gasteiger partial charge >= 0.3 is 0 Å². The Balaban J connectivity index is 1.11. The number of aromatic nitrogens is 1. The van der Waals surface area contributed by atoms with Crippen LogP contribution in [0.25, 0.3) is 28.6 Å². The van der Waals surface area contributed by atoms with Gasteiger partial charge < -0.3 is 10.0 Å². The first-order valence-electron chi connectivity index (χ1n) is 18.8. The van der Waals surface area contributed by atoms with Crippen molar-refractivity contribution in [2.24, 2.45) is 0 Å². The molecule has 0 unspecified atom stereocenters. The summed E-state index contributed by atoms with van der Waals surface area (Å²) in [4.78, 5) is 42.3. The van der Waals surface area contributed by atoms with Crippen LogP contribution >= 0.6 is 0 Å². The Hall–Kier alpha value is -6.40. The summed E-state index contributed by atoms with van der Waals surface area (Å²) >= 11 is 0. The molecule has 0 atom stereocenters. The number of anilines is 1. The fourth-order valence-corrected chi connectivity index (χ4v) is 7.53. The number of hydrogen-bond acceptors (Lipinski definition) is 5. The Morgan fingerprint density at radius 2 is 1.31 bits per heavy atom. The standard InChI is InChI=1S/C48H40N2O4/c1-3-5-27-49-37(25-23-33-11-7-9-13-41(33)49)29-39-45(51)43(46(39)52)35-19-15-31(16-20-35)32-17-21-36(22-18-32)44-47(53)40(48(44)54)30-38-26-24-34-12-8-10-14-42(34)50(38)28-6-4-2/h7-26,29-30H,3-6,27-28H2,1-2H3/p+1/b37-29-. The van der Waals surface area contributed by atoms with Crippen molar-refractivity contribution >= 4 is 40.1 Å². The maximum atomic E-state index is 13.4. The number of para-hydroxylation sites is 2. The van der Waals surface area contributed by atoms with E-state index in [0.29, 0.717) is 21.6 Å². The third kappa shape index (κ3) is 6.13. The largest absolute Gasteiger partial charge is 0.506 e. The molecule has 6 aromatic rings. The molecule has 1 aromatic heterocycles. The zero-order valence-corrected chi connectivity index (χ0v) is 30.5. The van der Waals surface area contributed by atoms with E-state index in [9.17, 15) is 19.5 Å². The number of Topliss-reactive ketones (excluding diaryl/α,β-unsaturated/α-hetero) is 1. The molecule has 0 saturated heterocycles. The summed E-state index contributed by atoms with van der Waals surface area (Å²) in [5.74, 6) is -0.180. The normalized spacial score (nSPS) is 14.6. The van der Waals surface area contributed by atoms with Crippen LogP contribution in [-0.2, 0) is 11.3 Å².